The summed E-state index contributed by atoms with van der Waals surface area (Å²) in [5.41, 5.74) is 2.48. The molecule has 0 aliphatic carbocycles. The number of ether oxygens (including phenoxy) is 2. The van der Waals surface area contributed by atoms with Crippen LogP contribution in [0.15, 0.2) is 52.3 Å². The molecule has 0 atom stereocenters. The Morgan fingerprint density at radius 2 is 1.83 bits per heavy atom. The molecule has 226 valence electrons. The van der Waals surface area contributed by atoms with Gasteiger partial charge in [-0.1, -0.05) is 23.2 Å². The van der Waals surface area contributed by atoms with Gasteiger partial charge in [0, 0.05) is 60.9 Å². The van der Waals surface area contributed by atoms with E-state index in [9.17, 15) is 4.79 Å². The third-order valence-electron chi connectivity index (χ3n) is 7.17. The Labute approximate surface area is 257 Å². The van der Waals surface area contributed by atoms with Crippen molar-refractivity contribution < 1.29 is 19.4 Å². The van der Waals surface area contributed by atoms with Crippen LogP contribution in [0.1, 0.15) is 31.7 Å². The van der Waals surface area contributed by atoms with Crippen molar-refractivity contribution in [2.24, 2.45) is 9.98 Å². The normalized spacial score (nSPS) is 18.1. The molecule has 0 amide bonds. The minimum absolute atomic E-state index is 0.0450. The lowest BCUT2D eigenvalue weighted by atomic mass is 10.1. The lowest BCUT2D eigenvalue weighted by Crippen LogP contribution is -2.37. The van der Waals surface area contributed by atoms with E-state index in [1.54, 1.807) is 12.3 Å². The largest absolute Gasteiger partial charge is 0.480 e. The third-order valence-corrected chi connectivity index (χ3v) is 7.61. The molecule has 2 aliphatic heterocycles. The molecule has 4 rings (SSSR count). The number of halogens is 2. The first-order valence-corrected chi connectivity index (χ1v) is 14.8. The Kier molecular flexibility index (Phi) is 11.7. The van der Waals surface area contributed by atoms with Crippen molar-refractivity contribution in [2.75, 3.05) is 52.9 Å². The zero-order valence-corrected chi connectivity index (χ0v) is 25.6. The molecule has 1 aromatic heterocycles. The lowest BCUT2D eigenvalue weighted by molar-refractivity contribution is -0.145. The number of benzene rings is 1. The maximum absolute atomic E-state index is 10.8. The summed E-state index contributed by atoms with van der Waals surface area (Å²) in [5, 5.41) is 9.93. The fourth-order valence-electron chi connectivity index (χ4n) is 5.04. The van der Waals surface area contributed by atoms with Crippen LogP contribution >= 0.6 is 23.2 Å². The predicted octanol–water partition coefficient (Wildman–Crippen LogP) is 5.06. The maximum Gasteiger partial charge on any atom is 0.329 e. The number of piperidine rings is 1. The van der Waals surface area contributed by atoms with Crippen LogP contribution in [0, 0.1) is 0 Å². The molecule has 2 saturated heterocycles. The molecule has 1 N–H and O–H groups in total. The van der Waals surface area contributed by atoms with Gasteiger partial charge in [-0.25, -0.2) is 19.8 Å². The number of guanidine groups is 1. The van der Waals surface area contributed by atoms with Gasteiger partial charge in [0.15, 0.2) is 0 Å². The molecule has 0 spiro atoms. The van der Waals surface area contributed by atoms with Crippen molar-refractivity contribution in [3.05, 3.63) is 57.9 Å². The van der Waals surface area contributed by atoms with E-state index < -0.39 is 5.97 Å². The van der Waals surface area contributed by atoms with Gasteiger partial charge in [0.05, 0.1) is 18.0 Å². The first-order valence-electron chi connectivity index (χ1n) is 14.0. The summed E-state index contributed by atoms with van der Waals surface area (Å²) in [6.07, 6.45) is 4.17. The van der Waals surface area contributed by atoms with Crippen LogP contribution in [0.3, 0.4) is 0 Å². The number of aliphatic imine (C=N–C) groups is 2. The number of aliphatic carboxylic acids is 1. The highest BCUT2D eigenvalue weighted by Crippen LogP contribution is 2.29. The van der Waals surface area contributed by atoms with Gasteiger partial charge in [0.1, 0.15) is 12.4 Å². The smallest absolute Gasteiger partial charge is 0.329 e. The zero-order valence-electron chi connectivity index (χ0n) is 24.1. The van der Waals surface area contributed by atoms with Crippen molar-refractivity contribution in [1.29, 1.82) is 0 Å². The topological polar surface area (TPSA) is 103 Å². The van der Waals surface area contributed by atoms with Crippen molar-refractivity contribution in [2.45, 2.75) is 38.8 Å². The molecule has 0 bridgehead atoms. The Morgan fingerprint density at radius 3 is 2.52 bits per heavy atom. The van der Waals surface area contributed by atoms with E-state index in [1.165, 1.54) is 0 Å². The number of likely N-dealkylation sites (tertiary alicyclic amines) is 1. The van der Waals surface area contributed by atoms with E-state index >= 15 is 0 Å². The summed E-state index contributed by atoms with van der Waals surface area (Å²) < 4.78 is 11.6. The quantitative estimate of drug-likeness (QED) is 0.237. The number of likely N-dealkylation sites (N-methyl/N-ethyl adjacent to an activating group) is 1. The van der Waals surface area contributed by atoms with E-state index in [0.717, 1.165) is 69.7 Å². The second-order valence-electron chi connectivity index (χ2n) is 10.6. The summed E-state index contributed by atoms with van der Waals surface area (Å²) in [7, 11) is 2.12. The molecule has 2 fully saturated rings. The van der Waals surface area contributed by atoms with Gasteiger partial charge in [0.25, 0.3) is 0 Å². The molecule has 10 nitrogen and oxygen atoms in total. The minimum Gasteiger partial charge on any atom is -0.480 e. The molecule has 12 heteroatoms. The van der Waals surface area contributed by atoms with Crippen LogP contribution in [0.2, 0.25) is 10.0 Å². The van der Waals surface area contributed by atoms with E-state index in [-0.39, 0.29) is 12.7 Å². The van der Waals surface area contributed by atoms with Gasteiger partial charge in [-0.15, -0.1) is 0 Å². The molecular weight excluding hydrogens is 579 g/mol. The summed E-state index contributed by atoms with van der Waals surface area (Å²) in [4.78, 5) is 31.1. The number of aromatic nitrogens is 1. The number of hydrogen-bond acceptors (Lipinski definition) is 7. The van der Waals surface area contributed by atoms with Crippen molar-refractivity contribution >= 4 is 41.8 Å². The monoisotopic (exact) mass is 616 g/mol. The van der Waals surface area contributed by atoms with Crippen LogP contribution in [-0.2, 0) is 16.1 Å². The first-order chi connectivity index (χ1) is 20.2. The minimum atomic E-state index is -0.947. The number of allylic oxidation sites excluding steroid dienone is 1. The van der Waals surface area contributed by atoms with E-state index in [2.05, 4.69) is 38.4 Å². The standard InChI is InChI=1S/C30H38Cl2N6O4/c1-21(18-34-30(33-2)38-8-4-7-36(3)11-12-38)42-28-14-22(13-27(35-28)23-15-24(31)17-25(32)16-23)19-37-9-5-26(6-10-37)41-20-29(39)40/h13-18,26H,2,4-12,19-20H2,1,3H3,(H,39,40)/b21-18+,34-30?. The van der Waals surface area contributed by atoms with Crippen LogP contribution < -0.4 is 4.74 Å². The number of pyridine rings is 1. The predicted molar refractivity (Wildman–Crippen MR) is 167 cm³/mol. The van der Waals surface area contributed by atoms with Gasteiger partial charge in [0.2, 0.25) is 11.8 Å². The Morgan fingerprint density at radius 1 is 1.10 bits per heavy atom. The van der Waals surface area contributed by atoms with E-state index in [4.69, 9.17) is 42.8 Å². The molecule has 2 aliphatic rings. The Bertz CT molecular complexity index is 1290. The molecule has 1 aromatic carbocycles. The fraction of sp³-hybridized carbons (Fsp3) is 0.467. The average molecular weight is 618 g/mol. The second kappa shape index (κ2) is 15.5. The van der Waals surface area contributed by atoms with Gasteiger partial charge in [-0.05, 0) is 76.3 Å². The van der Waals surface area contributed by atoms with Crippen molar-refractivity contribution in [1.82, 2.24) is 19.7 Å². The second-order valence-corrected chi connectivity index (χ2v) is 11.5. The van der Waals surface area contributed by atoms with Crippen LogP contribution in [0.5, 0.6) is 5.88 Å². The van der Waals surface area contributed by atoms with Crippen LogP contribution in [0.4, 0.5) is 0 Å². The highest BCUT2D eigenvalue weighted by Gasteiger charge is 2.21. The highest BCUT2D eigenvalue weighted by atomic mass is 35.5. The summed E-state index contributed by atoms with van der Waals surface area (Å²) in [6, 6.07) is 9.25. The molecule has 0 saturated carbocycles. The zero-order chi connectivity index (χ0) is 30.1. The summed E-state index contributed by atoms with van der Waals surface area (Å²) in [5.74, 6) is 0.600. The van der Waals surface area contributed by atoms with E-state index in [0.29, 0.717) is 39.9 Å². The molecular formula is C30H38Cl2N6O4. The lowest BCUT2D eigenvalue weighted by Gasteiger charge is -2.31. The molecule has 3 heterocycles. The molecule has 2 aromatic rings. The number of carboxylic acids is 1. The van der Waals surface area contributed by atoms with Gasteiger partial charge < -0.3 is 24.4 Å². The fourth-order valence-corrected chi connectivity index (χ4v) is 5.57. The van der Waals surface area contributed by atoms with Crippen LogP contribution in [-0.4, -0.2) is 102 Å². The number of carboxylic acid groups (broad SMARTS) is 1. The van der Waals surface area contributed by atoms with Gasteiger partial charge in [-0.2, -0.15) is 0 Å². The van der Waals surface area contributed by atoms with Crippen LogP contribution in [0.25, 0.3) is 11.3 Å². The van der Waals surface area contributed by atoms with Gasteiger partial charge in [-0.3, -0.25) is 4.90 Å². The molecule has 42 heavy (non-hydrogen) atoms. The van der Waals surface area contributed by atoms with Crippen molar-refractivity contribution in [3.8, 4) is 17.1 Å². The highest BCUT2D eigenvalue weighted by molar-refractivity contribution is 6.35. The molecule has 0 unspecified atom stereocenters. The number of rotatable bonds is 9. The average Bonchev–Trinajstić information content (AvgIpc) is 3.16. The maximum atomic E-state index is 10.8. The molecule has 0 radical (unpaired) electrons. The summed E-state index contributed by atoms with van der Waals surface area (Å²) >= 11 is 12.6. The number of carbonyl (C=O) groups is 1. The van der Waals surface area contributed by atoms with Gasteiger partial charge >= 0.3 is 5.97 Å². The summed E-state index contributed by atoms with van der Waals surface area (Å²) in [6.45, 7) is 11.2. The first kappa shape index (κ1) is 31.9. The third kappa shape index (κ3) is 9.78. The number of nitrogens with zero attached hydrogens (tertiary/aromatic N) is 6. The Balaban J connectivity index is 1.52. The Hall–Kier alpha value is -3.02. The van der Waals surface area contributed by atoms with Crippen molar-refractivity contribution in [3.63, 3.8) is 0 Å². The SMILES string of the molecule is C=NC(=N/C=C(\C)Oc1cc(CN2CCC(OCC(=O)O)CC2)cc(-c2cc(Cl)cc(Cl)c2)n1)N1CCCN(C)CC1. The van der Waals surface area contributed by atoms with E-state index in [1.807, 2.05) is 31.2 Å². The number of hydrogen-bond donors (Lipinski definition) is 1.